The van der Waals surface area contributed by atoms with E-state index in [4.69, 9.17) is 0 Å². The average molecular weight is 98.1 g/mol. The van der Waals surface area contributed by atoms with Crippen LogP contribution < -0.4 is 0 Å². The molecule has 0 aliphatic carbocycles. The number of aromatic nitrogens is 2. The van der Waals surface area contributed by atoms with Gasteiger partial charge in [0.25, 0.3) is 0 Å². The molecule has 2 N–H and O–H groups in total. The van der Waals surface area contributed by atoms with Crippen molar-refractivity contribution in [1.82, 2.24) is 9.97 Å². The Kier molecular flexibility index (Phi) is 2.79. The van der Waals surface area contributed by atoms with Gasteiger partial charge in [-0.05, 0) is 0 Å². The van der Waals surface area contributed by atoms with Crippen molar-refractivity contribution in [2.75, 3.05) is 0 Å². The van der Waals surface area contributed by atoms with E-state index in [0.29, 0.717) is 0 Å². The van der Waals surface area contributed by atoms with Crippen LogP contribution in [0.15, 0.2) is 24.8 Å². The fourth-order valence-corrected chi connectivity index (χ4v) is 0.253. The summed E-state index contributed by atoms with van der Waals surface area (Å²) in [5.41, 5.74) is 0. The molecule has 0 radical (unpaired) electrons. The Hall–Kier alpha value is -0.960. The molecule has 3 heteroatoms. The van der Waals surface area contributed by atoms with Gasteiger partial charge in [0.1, 0.15) is 0 Å². The minimum absolute atomic E-state index is 0. The molecule has 0 saturated heterocycles. The first-order valence-corrected chi connectivity index (χ1v) is 1.70. The highest BCUT2D eigenvalue weighted by atomic mass is 16.0. The van der Waals surface area contributed by atoms with E-state index in [1.165, 1.54) is 0 Å². The first-order valence-electron chi connectivity index (χ1n) is 1.70. The molecule has 0 atom stereocenters. The molecule has 1 aromatic heterocycles. The fraction of sp³-hybridized carbons (Fsp3) is 0. The lowest BCUT2D eigenvalue weighted by molar-refractivity contribution is 0.824. The lowest BCUT2D eigenvalue weighted by Gasteiger charge is -1.70. The molecule has 1 rings (SSSR count). The van der Waals surface area contributed by atoms with Gasteiger partial charge in [-0.2, -0.15) is 0 Å². The Balaban J connectivity index is 0.000000360. The molecule has 0 amide bonds. The molecule has 0 aromatic carbocycles. The van der Waals surface area contributed by atoms with Crippen LogP contribution in [0.1, 0.15) is 0 Å². The molecule has 1 heterocycles. The molecule has 38 valence electrons. The third-order valence-electron chi connectivity index (χ3n) is 0.478. The lowest BCUT2D eigenvalue weighted by Crippen LogP contribution is -1.66. The fourth-order valence-electron chi connectivity index (χ4n) is 0.253. The number of rotatable bonds is 0. The third kappa shape index (κ3) is 1.83. The minimum atomic E-state index is 0. The minimum Gasteiger partial charge on any atom is -0.412 e. The van der Waals surface area contributed by atoms with Gasteiger partial charge in [-0.15, -0.1) is 0 Å². The summed E-state index contributed by atoms with van der Waals surface area (Å²) in [5.74, 6) is 0. The Morgan fingerprint density at radius 1 is 0.714 bits per heavy atom. The molecule has 0 unspecified atom stereocenters. The SMILES string of the molecule is O.c1cnccn1. The smallest absolute Gasteiger partial charge is 0.0451 e. The van der Waals surface area contributed by atoms with E-state index in [9.17, 15) is 0 Å². The highest BCUT2D eigenvalue weighted by molar-refractivity contribution is 4.70. The van der Waals surface area contributed by atoms with Crippen LogP contribution in [0.5, 0.6) is 0 Å². The monoisotopic (exact) mass is 98.0 g/mol. The van der Waals surface area contributed by atoms with Gasteiger partial charge in [0, 0.05) is 24.8 Å². The van der Waals surface area contributed by atoms with E-state index in [1.807, 2.05) is 0 Å². The Morgan fingerprint density at radius 2 is 1.00 bits per heavy atom. The van der Waals surface area contributed by atoms with Crippen molar-refractivity contribution in [2.24, 2.45) is 0 Å². The van der Waals surface area contributed by atoms with Gasteiger partial charge in [-0.3, -0.25) is 9.97 Å². The van der Waals surface area contributed by atoms with Gasteiger partial charge in [0.2, 0.25) is 0 Å². The maximum atomic E-state index is 3.72. The molecule has 0 bridgehead atoms. The molecule has 0 aliphatic heterocycles. The van der Waals surface area contributed by atoms with Crippen LogP contribution >= 0.6 is 0 Å². The van der Waals surface area contributed by atoms with E-state index >= 15 is 0 Å². The third-order valence-corrected chi connectivity index (χ3v) is 0.478. The van der Waals surface area contributed by atoms with Crippen LogP contribution in [0.2, 0.25) is 0 Å². The first-order chi connectivity index (χ1) is 3.00. The predicted molar refractivity (Wildman–Crippen MR) is 25.6 cm³/mol. The summed E-state index contributed by atoms with van der Waals surface area (Å²) in [6.45, 7) is 0. The molecule has 0 saturated carbocycles. The van der Waals surface area contributed by atoms with E-state index < -0.39 is 0 Å². The maximum Gasteiger partial charge on any atom is 0.0451 e. The van der Waals surface area contributed by atoms with Crippen LogP contribution in [0.25, 0.3) is 0 Å². The molecule has 0 aliphatic rings. The van der Waals surface area contributed by atoms with Crippen LogP contribution in [0.3, 0.4) is 0 Å². The topological polar surface area (TPSA) is 57.3 Å². The molecule has 3 nitrogen and oxygen atoms in total. The molecular formula is C4H6N2O. The number of nitrogens with zero attached hydrogens (tertiary/aromatic N) is 2. The van der Waals surface area contributed by atoms with Crippen molar-refractivity contribution in [3.8, 4) is 0 Å². The van der Waals surface area contributed by atoms with E-state index in [1.54, 1.807) is 24.8 Å². The normalized spacial score (nSPS) is 6.86. The molecule has 7 heavy (non-hydrogen) atoms. The molecule has 1 aromatic rings. The Labute approximate surface area is 41.4 Å². The van der Waals surface area contributed by atoms with Gasteiger partial charge < -0.3 is 5.48 Å². The summed E-state index contributed by atoms with van der Waals surface area (Å²) in [6, 6.07) is 0. The summed E-state index contributed by atoms with van der Waals surface area (Å²) >= 11 is 0. The van der Waals surface area contributed by atoms with Gasteiger partial charge in [-0.1, -0.05) is 0 Å². The zero-order valence-corrected chi connectivity index (χ0v) is 3.70. The standard InChI is InChI=1S/C4H4N2.H2O/c1-2-6-4-3-5-1;/h1-4H;1H2. The van der Waals surface area contributed by atoms with Gasteiger partial charge >= 0.3 is 0 Å². The second-order valence-electron chi connectivity index (χ2n) is 0.894. The van der Waals surface area contributed by atoms with E-state index in [-0.39, 0.29) is 5.48 Å². The van der Waals surface area contributed by atoms with Crippen molar-refractivity contribution in [3.05, 3.63) is 24.8 Å². The molecular weight excluding hydrogens is 92.1 g/mol. The molecule has 0 fully saturated rings. The largest absolute Gasteiger partial charge is 0.412 e. The van der Waals surface area contributed by atoms with Crippen molar-refractivity contribution >= 4 is 0 Å². The van der Waals surface area contributed by atoms with Crippen molar-refractivity contribution in [1.29, 1.82) is 0 Å². The van der Waals surface area contributed by atoms with Crippen molar-refractivity contribution in [3.63, 3.8) is 0 Å². The van der Waals surface area contributed by atoms with Crippen molar-refractivity contribution in [2.45, 2.75) is 0 Å². The van der Waals surface area contributed by atoms with Crippen LogP contribution in [0, 0.1) is 0 Å². The van der Waals surface area contributed by atoms with E-state index in [2.05, 4.69) is 9.97 Å². The second kappa shape index (κ2) is 3.24. The summed E-state index contributed by atoms with van der Waals surface area (Å²) in [7, 11) is 0. The first kappa shape index (κ1) is 6.04. The highest BCUT2D eigenvalue weighted by Crippen LogP contribution is 1.65. The van der Waals surface area contributed by atoms with Crippen LogP contribution in [-0.2, 0) is 0 Å². The van der Waals surface area contributed by atoms with Gasteiger partial charge in [-0.25, -0.2) is 0 Å². The van der Waals surface area contributed by atoms with Crippen molar-refractivity contribution < 1.29 is 5.48 Å². The Bertz CT molecular complexity index is 81.6. The quantitative estimate of drug-likeness (QED) is 0.445. The maximum absolute atomic E-state index is 3.72. The van der Waals surface area contributed by atoms with Crippen LogP contribution in [0.4, 0.5) is 0 Å². The summed E-state index contributed by atoms with van der Waals surface area (Å²) < 4.78 is 0. The summed E-state index contributed by atoms with van der Waals surface area (Å²) in [6.07, 6.45) is 6.56. The number of hydrogen-bond acceptors (Lipinski definition) is 2. The zero-order chi connectivity index (χ0) is 4.24. The second-order valence-corrected chi connectivity index (χ2v) is 0.894. The zero-order valence-electron chi connectivity index (χ0n) is 3.70. The van der Waals surface area contributed by atoms with Crippen LogP contribution in [-0.4, -0.2) is 15.4 Å². The van der Waals surface area contributed by atoms with Gasteiger partial charge in [0.05, 0.1) is 0 Å². The number of hydrogen-bond donors (Lipinski definition) is 0. The summed E-state index contributed by atoms with van der Waals surface area (Å²) in [4.78, 5) is 7.44. The summed E-state index contributed by atoms with van der Waals surface area (Å²) in [5, 5.41) is 0. The molecule has 0 spiro atoms. The highest BCUT2D eigenvalue weighted by Gasteiger charge is 1.59. The lowest BCUT2D eigenvalue weighted by atomic mass is 10.8. The predicted octanol–water partition coefficient (Wildman–Crippen LogP) is -0.348. The van der Waals surface area contributed by atoms with E-state index in [0.717, 1.165) is 0 Å². The Morgan fingerprint density at radius 3 is 1.14 bits per heavy atom. The van der Waals surface area contributed by atoms with Gasteiger partial charge in [0.15, 0.2) is 0 Å². The average Bonchev–Trinajstić information content (AvgIpc) is 1.72.